The van der Waals surface area contributed by atoms with E-state index in [9.17, 15) is 19.2 Å². The molecule has 5 amide bonds. The number of imide groups is 2. The molecular weight excluding hydrogens is 713 g/mol. The third-order valence-corrected chi connectivity index (χ3v) is 7.89. The number of nitrogens with zero attached hydrogens (tertiary/aromatic N) is 1. The number of nitrogens with one attached hydrogen (secondary N) is 2. The van der Waals surface area contributed by atoms with Crippen molar-refractivity contribution in [2.75, 3.05) is 23.4 Å². The summed E-state index contributed by atoms with van der Waals surface area (Å²) in [7, 11) is 0. The number of rotatable bonds is 11. The summed E-state index contributed by atoms with van der Waals surface area (Å²) < 4.78 is 18.1. The number of amides is 5. The first kappa shape index (κ1) is 33.2. The molecule has 0 atom stereocenters. The summed E-state index contributed by atoms with van der Waals surface area (Å²) in [4.78, 5) is 52.7. The highest BCUT2D eigenvalue weighted by molar-refractivity contribution is 14.1. The molecule has 0 aliphatic carbocycles. The zero-order chi connectivity index (χ0) is 33.5. The van der Waals surface area contributed by atoms with Crippen LogP contribution in [0.15, 0.2) is 90.5 Å². The number of carbonyl (C=O) groups is 4. The molecule has 1 aliphatic rings. The second kappa shape index (κ2) is 14.9. The van der Waals surface area contributed by atoms with Gasteiger partial charge in [-0.1, -0.05) is 48.0 Å². The molecule has 10 nitrogen and oxygen atoms in total. The molecule has 2 N–H and O–H groups in total. The van der Waals surface area contributed by atoms with Gasteiger partial charge in [0.05, 0.1) is 15.9 Å². The topological polar surface area (TPSA) is 123 Å². The summed E-state index contributed by atoms with van der Waals surface area (Å²) in [6, 6.07) is 24.3. The van der Waals surface area contributed by atoms with E-state index < -0.39 is 17.8 Å². The SMILES string of the molecule is CCOc1cc(/C=C2/C(=O)NC(=O)N(c3ccc(OCc4ccccc4)cc3)C2=O)cc(I)c1OCC(=O)Nc1ccc(C)cc1C. The summed E-state index contributed by atoms with van der Waals surface area (Å²) in [6.45, 7) is 6.09. The Bertz CT molecular complexity index is 1860. The third-order valence-electron chi connectivity index (χ3n) is 7.09. The number of carbonyl (C=O) groups excluding carboxylic acids is 4. The second-order valence-corrected chi connectivity index (χ2v) is 11.8. The average molecular weight is 746 g/mol. The van der Waals surface area contributed by atoms with E-state index in [1.165, 1.54) is 6.08 Å². The molecule has 11 heteroatoms. The Labute approximate surface area is 285 Å². The van der Waals surface area contributed by atoms with Gasteiger partial charge in [0.2, 0.25) is 0 Å². The van der Waals surface area contributed by atoms with E-state index in [-0.39, 0.29) is 23.8 Å². The molecular formula is C36H32IN3O7. The number of barbiturate groups is 1. The summed E-state index contributed by atoms with van der Waals surface area (Å²) in [5.74, 6) is -0.725. The van der Waals surface area contributed by atoms with Gasteiger partial charge < -0.3 is 19.5 Å². The number of hydrogen-bond donors (Lipinski definition) is 2. The van der Waals surface area contributed by atoms with Gasteiger partial charge in [0, 0.05) is 5.69 Å². The van der Waals surface area contributed by atoms with Gasteiger partial charge in [-0.2, -0.15) is 0 Å². The van der Waals surface area contributed by atoms with E-state index in [4.69, 9.17) is 14.2 Å². The van der Waals surface area contributed by atoms with Crippen LogP contribution >= 0.6 is 22.6 Å². The fourth-order valence-electron chi connectivity index (χ4n) is 4.84. The largest absolute Gasteiger partial charge is 0.490 e. The first-order valence-electron chi connectivity index (χ1n) is 14.8. The molecule has 0 unspecified atom stereocenters. The molecule has 47 heavy (non-hydrogen) atoms. The third kappa shape index (κ3) is 8.17. The fraction of sp³-hybridized carbons (Fsp3) is 0.167. The van der Waals surface area contributed by atoms with Crippen molar-refractivity contribution in [3.63, 3.8) is 0 Å². The van der Waals surface area contributed by atoms with Crippen LogP contribution < -0.4 is 29.7 Å². The second-order valence-electron chi connectivity index (χ2n) is 10.6. The maximum absolute atomic E-state index is 13.5. The van der Waals surface area contributed by atoms with Gasteiger partial charge in [-0.25, -0.2) is 9.69 Å². The standard InChI is InChI=1S/C36H32IN3O7/c1-4-45-31-19-25(18-29(37)33(31)47-21-32(41)38-30-15-10-22(2)16-23(30)3)17-28-34(42)39-36(44)40(35(28)43)26-11-13-27(14-12-26)46-20-24-8-6-5-7-9-24/h5-19H,4,20-21H2,1-3H3,(H,38,41)(H,39,42,44)/b28-17-. The van der Waals surface area contributed by atoms with Gasteiger partial charge in [-0.3, -0.25) is 19.7 Å². The van der Waals surface area contributed by atoms with E-state index >= 15 is 0 Å². The van der Waals surface area contributed by atoms with Crippen LogP contribution in [0.3, 0.4) is 0 Å². The predicted molar refractivity (Wildman–Crippen MR) is 187 cm³/mol. The molecule has 240 valence electrons. The van der Waals surface area contributed by atoms with Crippen molar-refractivity contribution in [2.45, 2.75) is 27.4 Å². The summed E-state index contributed by atoms with van der Waals surface area (Å²) in [5.41, 5.74) is 4.21. The maximum Gasteiger partial charge on any atom is 0.335 e. The van der Waals surface area contributed by atoms with Gasteiger partial charge in [0.15, 0.2) is 18.1 Å². The number of halogens is 1. The quantitative estimate of drug-likeness (QED) is 0.101. The summed E-state index contributed by atoms with van der Waals surface area (Å²) in [6.07, 6.45) is 1.38. The Balaban J connectivity index is 1.32. The number of hydrogen-bond acceptors (Lipinski definition) is 7. The van der Waals surface area contributed by atoms with Crippen molar-refractivity contribution in [1.82, 2.24) is 5.32 Å². The smallest absolute Gasteiger partial charge is 0.335 e. The highest BCUT2D eigenvalue weighted by Gasteiger charge is 2.37. The Morgan fingerprint density at radius 3 is 2.36 bits per heavy atom. The van der Waals surface area contributed by atoms with Crippen LogP contribution in [0.4, 0.5) is 16.2 Å². The molecule has 0 aromatic heterocycles. The monoisotopic (exact) mass is 745 g/mol. The van der Waals surface area contributed by atoms with Crippen LogP contribution in [0.5, 0.6) is 17.2 Å². The van der Waals surface area contributed by atoms with E-state index in [1.54, 1.807) is 43.3 Å². The lowest BCUT2D eigenvalue weighted by Crippen LogP contribution is -2.54. The minimum absolute atomic E-state index is 0.242. The van der Waals surface area contributed by atoms with Crippen LogP contribution in [-0.4, -0.2) is 37.0 Å². The highest BCUT2D eigenvalue weighted by Crippen LogP contribution is 2.35. The van der Waals surface area contributed by atoms with Crippen LogP contribution in [-0.2, 0) is 21.0 Å². The first-order chi connectivity index (χ1) is 22.6. The van der Waals surface area contributed by atoms with Crippen molar-refractivity contribution in [3.05, 3.63) is 116 Å². The van der Waals surface area contributed by atoms with Gasteiger partial charge in [-0.15, -0.1) is 0 Å². The van der Waals surface area contributed by atoms with Crippen LogP contribution in [0.25, 0.3) is 6.08 Å². The number of anilines is 2. The Kier molecular flexibility index (Phi) is 10.6. The molecule has 1 aliphatic heterocycles. The lowest BCUT2D eigenvalue weighted by Gasteiger charge is -2.26. The fourth-order valence-corrected chi connectivity index (χ4v) is 5.62. The Morgan fingerprint density at radius 2 is 1.66 bits per heavy atom. The van der Waals surface area contributed by atoms with E-state index in [2.05, 4.69) is 10.6 Å². The van der Waals surface area contributed by atoms with Crippen LogP contribution in [0.2, 0.25) is 0 Å². The molecule has 0 spiro atoms. The number of benzene rings is 4. The van der Waals surface area contributed by atoms with Crippen molar-refractivity contribution in [3.8, 4) is 17.2 Å². The molecule has 5 rings (SSSR count). The molecule has 1 heterocycles. The van der Waals surface area contributed by atoms with Gasteiger partial charge >= 0.3 is 6.03 Å². The van der Waals surface area contributed by atoms with E-state index in [0.717, 1.165) is 21.6 Å². The first-order valence-corrected chi connectivity index (χ1v) is 15.8. The lowest BCUT2D eigenvalue weighted by molar-refractivity contribution is -0.122. The number of ether oxygens (including phenoxy) is 3. The minimum Gasteiger partial charge on any atom is -0.490 e. The van der Waals surface area contributed by atoms with Crippen molar-refractivity contribution < 1.29 is 33.4 Å². The molecule has 0 radical (unpaired) electrons. The molecule has 1 fully saturated rings. The van der Waals surface area contributed by atoms with Gasteiger partial charge in [0.25, 0.3) is 17.7 Å². The Morgan fingerprint density at radius 1 is 0.915 bits per heavy atom. The van der Waals surface area contributed by atoms with Crippen molar-refractivity contribution in [2.24, 2.45) is 0 Å². The molecule has 0 saturated carbocycles. The van der Waals surface area contributed by atoms with Crippen LogP contribution in [0.1, 0.15) is 29.2 Å². The van der Waals surface area contributed by atoms with E-state index in [0.29, 0.717) is 45.3 Å². The molecule has 4 aromatic rings. The normalized spacial score (nSPS) is 13.7. The summed E-state index contributed by atoms with van der Waals surface area (Å²) in [5, 5.41) is 5.09. The Hall–Kier alpha value is -5.17. The molecule has 0 bridgehead atoms. The zero-order valence-electron chi connectivity index (χ0n) is 26.0. The minimum atomic E-state index is -0.859. The zero-order valence-corrected chi connectivity index (χ0v) is 28.1. The number of urea groups is 1. The highest BCUT2D eigenvalue weighted by atomic mass is 127. The predicted octanol–water partition coefficient (Wildman–Crippen LogP) is 6.57. The molecule has 1 saturated heterocycles. The average Bonchev–Trinajstić information content (AvgIpc) is 3.04. The summed E-state index contributed by atoms with van der Waals surface area (Å²) >= 11 is 2.04. The van der Waals surface area contributed by atoms with Gasteiger partial charge in [0.1, 0.15) is 17.9 Å². The van der Waals surface area contributed by atoms with Gasteiger partial charge in [-0.05, 0) is 109 Å². The van der Waals surface area contributed by atoms with Crippen LogP contribution in [0, 0.1) is 17.4 Å². The molecule has 4 aromatic carbocycles. The van der Waals surface area contributed by atoms with E-state index in [1.807, 2.05) is 85.0 Å². The van der Waals surface area contributed by atoms with Crippen molar-refractivity contribution >= 4 is 63.8 Å². The number of aryl methyl sites for hydroxylation is 2. The van der Waals surface area contributed by atoms with Crippen molar-refractivity contribution in [1.29, 1.82) is 0 Å². The lowest BCUT2D eigenvalue weighted by atomic mass is 10.1. The maximum atomic E-state index is 13.5.